The minimum atomic E-state index is -0.448. The first-order valence-electron chi connectivity index (χ1n) is 7.87. The molecule has 6 heteroatoms. The van der Waals surface area contributed by atoms with E-state index >= 15 is 0 Å². The standard InChI is InChI=1S/C16H24N4O2/c1-11-7-17-8-14(18-11)20-6-5-12-9-19(10-13(12)20)15(21)22-16(2,3)4/h7-8,12-13H,5-6,9-10H2,1-4H3. The molecule has 0 saturated carbocycles. The number of anilines is 1. The molecule has 2 aliphatic heterocycles. The summed E-state index contributed by atoms with van der Waals surface area (Å²) >= 11 is 0. The van der Waals surface area contributed by atoms with Crippen LogP contribution >= 0.6 is 0 Å². The van der Waals surface area contributed by atoms with E-state index in [0.29, 0.717) is 18.5 Å². The van der Waals surface area contributed by atoms with Crippen molar-refractivity contribution in [2.45, 2.75) is 45.8 Å². The fraction of sp³-hybridized carbons (Fsp3) is 0.688. The van der Waals surface area contributed by atoms with Gasteiger partial charge < -0.3 is 14.5 Å². The Kier molecular flexibility index (Phi) is 3.70. The number of ether oxygens (including phenoxy) is 1. The summed E-state index contributed by atoms with van der Waals surface area (Å²) in [6.07, 6.45) is 4.45. The van der Waals surface area contributed by atoms with Crippen LogP contribution in [0.15, 0.2) is 12.4 Å². The molecular weight excluding hydrogens is 280 g/mol. The molecule has 0 radical (unpaired) electrons. The molecule has 2 saturated heterocycles. The number of aryl methyl sites for hydroxylation is 1. The maximum Gasteiger partial charge on any atom is 0.410 e. The van der Waals surface area contributed by atoms with Crippen LogP contribution in [0.2, 0.25) is 0 Å². The molecule has 0 spiro atoms. The lowest BCUT2D eigenvalue weighted by atomic mass is 10.1. The fourth-order valence-corrected chi connectivity index (χ4v) is 3.31. The van der Waals surface area contributed by atoms with Gasteiger partial charge in [0.25, 0.3) is 0 Å². The van der Waals surface area contributed by atoms with Gasteiger partial charge in [0, 0.05) is 31.7 Å². The van der Waals surface area contributed by atoms with E-state index < -0.39 is 5.60 Å². The van der Waals surface area contributed by atoms with Gasteiger partial charge in [-0.3, -0.25) is 4.98 Å². The van der Waals surface area contributed by atoms with Gasteiger partial charge in [0.05, 0.1) is 17.9 Å². The molecule has 22 heavy (non-hydrogen) atoms. The van der Waals surface area contributed by atoms with Gasteiger partial charge in [-0.2, -0.15) is 0 Å². The molecule has 0 aliphatic carbocycles. The number of hydrogen-bond donors (Lipinski definition) is 0. The van der Waals surface area contributed by atoms with Crippen LogP contribution < -0.4 is 4.90 Å². The molecule has 1 aromatic rings. The van der Waals surface area contributed by atoms with Crippen molar-refractivity contribution < 1.29 is 9.53 Å². The second-order valence-electron chi connectivity index (χ2n) is 7.21. The van der Waals surface area contributed by atoms with Gasteiger partial charge in [-0.05, 0) is 34.1 Å². The molecule has 2 unspecified atom stereocenters. The van der Waals surface area contributed by atoms with Crippen molar-refractivity contribution in [1.82, 2.24) is 14.9 Å². The van der Waals surface area contributed by atoms with Crippen LogP contribution in [0.1, 0.15) is 32.9 Å². The molecule has 1 aromatic heterocycles. The molecular formula is C16H24N4O2. The number of nitrogens with zero attached hydrogens (tertiary/aromatic N) is 4. The normalized spacial score (nSPS) is 24.5. The van der Waals surface area contributed by atoms with Gasteiger partial charge in [-0.25, -0.2) is 9.78 Å². The summed E-state index contributed by atoms with van der Waals surface area (Å²) in [4.78, 5) is 25.2. The second-order valence-corrected chi connectivity index (χ2v) is 7.21. The number of aromatic nitrogens is 2. The Morgan fingerprint density at radius 1 is 1.32 bits per heavy atom. The van der Waals surface area contributed by atoms with E-state index in [-0.39, 0.29) is 6.09 Å². The molecule has 0 aromatic carbocycles. The van der Waals surface area contributed by atoms with Crippen LogP contribution in [0.3, 0.4) is 0 Å². The largest absolute Gasteiger partial charge is 0.444 e. The molecule has 6 nitrogen and oxygen atoms in total. The van der Waals surface area contributed by atoms with Crippen molar-refractivity contribution in [2.75, 3.05) is 24.5 Å². The summed E-state index contributed by atoms with van der Waals surface area (Å²) in [7, 11) is 0. The fourth-order valence-electron chi connectivity index (χ4n) is 3.31. The SMILES string of the molecule is Cc1cncc(N2CCC3CN(C(=O)OC(C)(C)C)CC32)n1. The van der Waals surface area contributed by atoms with Gasteiger partial charge in [-0.1, -0.05) is 0 Å². The Morgan fingerprint density at radius 2 is 2.09 bits per heavy atom. The third-order valence-corrected chi connectivity index (χ3v) is 4.24. The minimum Gasteiger partial charge on any atom is -0.444 e. The molecule has 3 heterocycles. The topological polar surface area (TPSA) is 58.6 Å². The van der Waals surface area contributed by atoms with E-state index in [4.69, 9.17) is 4.74 Å². The van der Waals surface area contributed by atoms with Crippen LogP contribution in [0.4, 0.5) is 10.6 Å². The lowest BCUT2D eigenvalue weighted by molar-refractivity contribution is 0.0284. The Bertz CT molecular complexity index is 570. The number of likely N-dealkylation sites (tertiary alicyclic amines) is 1. The van der Waals surface area contributed by atoms with Crippen LogP contribution in [0.5, 0.6) is 0 Å². The molecule has 2 aliphatic rings. The van der Waals surface area contributed by atoms with Gasteiger partial charge in [0.2, 0.25) is 0 Å². The highest BCUT2D eigenvalue weighted by molar-refractivity contribution is 5.69. The highest BCUT2D eigenvalue weighted by Gasteiger charge is 2.44. The Labute approximate surface area is 131 Å². The van der Waals surface area contributed by atoms with E-state index in [9.17, 15) is 4.79 Å². The van der Waals surface area contributed by atoms with E-state index in [1.165, 1.54) is 0 Å². The number of rotatable bonds is 1. The minimum absolute atomic E-state index is 0.211. The summed E-state index contributed by atoms with van der Waals surface area (Å²) in [6.45, 7) is 10.1. The molecule has 1 amide bonds. The maximum atomic E-state index is 12.2. The molecule has 3 rings (SSSR count). The molecule has 2 atom stereocenters. The Balaban J connectivity index is 1.70. The van der Waals surface area contributed by atoms with Gasteiger partial charge in [0.1, 0.15) is 11.4 Å². The van der Waals surface area contributed by atoms with Crippen molar-refractivity contribution in [3.05, 3.63) is 18.1 Å². The first kappa shape index (κ1) is 15.1. The van der Waals surface area contributed by atoms with Crippen molar-refractivity contribution in [3.8, 4) is 0 Å². The second kappa shape index (κ2) is 5.41. The molecule has 0 bridgehead atoms. The van der Waals surface area contributed by atoms with Crippen LogP contribution in [-0.4, -0.2) is 52.2 Å². The Hall–Kier alpha value is -1.85. The predicted molar refractivity (Wildman–Crippen MR) is 83.8 cm³/mol. The first-order valence-corrected chi connectivity index (χ1v) is 7.87. The molecule has 0 N–H and O–H groups in total. The third kappa shape index (κ3) is 3.00. The van der Waals surface area contributed by atoms with Gasteiger partial charge in [0.15, 0.2) is 0 Å². The van der Waals surface area contributed by atoms with E-state index in [1.807, 2.05) is 38.8 Å². The van der Waals surface area contributed by atoms with Crippen molar-refractivity contribution in [1.29, 1.82) is 0 Å². The van der Waals surface area contributed by atoms with Crippen molar-refractivity contribution in [3.63, 3.8) is 0 Å². The molecule has 120 valence electrons. The average Bonchev–Trinajstić information content (AvgIpc) is 2.95. The highest BCUT2D eigenvalue weighted by Crippen LogP contribution is 2.34. The number of amides is 1. The number of carbonyl (C=O) groups is 1. The predicted octanol–water partition coefficient (Wildman–Crippen LogP) is 2.23. The van der Waals surface area contributed by atoms with Crippen LogP contribution in [0, 0.1) is 12.8 Å². The lowest BCUT2D eigenvalue weighted by Crippen LogP contribution is -2.39. The quantitative estimate of drug-likeness (QED) is 0.796. The summed E-state index contributed by atoms with van der Waals surface area (Å²) in [6, 6.07) is 0.323. The summed E-state index contributed by atoms with van der Waals surface area (Å²) in [5, 5.41) is 0. The first-order chi connectivity index (χ1) is 10.3. The monoisotopic (exact) mass is 304 g/mol. The van der Waals surface area contributed by atoms with Crippen molar-refractivity contribution in [2.24, 2.45) is 5.92 Å². The number of hydrogen-bond acceptors (Lipinski definition) is 5. The number of fused-ring (bicyclic) bond motifs is 1. The zero-order valence-electron chi connectivity index (χ0n) is 13.7. The summed E-state index contributed by atoms with van der Waals surface area (Å²) in [5.41, 5.74) is 0.471. The lowest BCUT2D eigenvalue weighted by Gasteiger charge is -2.27. The number of carbonyl (C=O) groups excluding carboxylic acids is 1. The maximum absolute atomic E-state index is 12.2. The third-order valence-electron chi connectivity index (χ3n) is 4.24. The molecule has 2 fully saturated rings. The van der Waals surface area contributed by atoms with E-state index in [0.717, 1.165) is 31.0 Å². The van der Waals surface area contributed by atoms with E-state index in [2.05, 4.69) is 14.9 Å². The highest BCUT2D eigenvalue weighted by atomic mass is 16.6. The Morgan fingerprint density at radius 3 is 2.77 bits per heavy atom. The summed E-state index contributed by atoms with van der Waals surface area (Å²) < 4.78 is 5.49. The van der Waals surface area contributed by atoms with E-state index in [1.54, 1.807) is 6.20 Å². The van der Waals surface area contributed by atoms with Crippen molar-refractivity contribution >= 4 is 11.9 Å². The zero-order valence-corrected chi connectivity index (χ0v) is 13.7. The zero-order chi connectivity index (χ0) is 15.9. The van der Waals surface area contributed by atoms with Gasteiger partial charge >= 0.3 is 6.09 Å². The van der Waals surface area contributed by atoms with Crippen LogP contribution in [-0.2, 0) is 4.74 Å². The summed E-state index contributed by atoms with van der Waals surface area (Å²) in [5.74, 6) is 1.41. The smallest absolute Gasteiger partial charge is 0.410 e. The van der Waals surface area contributed by atoms with Crippen LogP contribution in [0.25, 0.3) is 0 Å². The average molecular weight is 304 g/mol. The van der Waals surface area contributed by atoms with Gasteiger partial charge in [-0.15, -0.1) is 0 Å².